The fourth-order valence-electron chi connectivity index (χ4n) is 0.654. The van der Waals surface area contributed by atoms with Crippen molar-refractivity contribution < 1.29 is 0 Å². The van der Waals surface area contributed by atoms with Crippen LogP contribution in [0.25, 0.3) is 0 Å². The fraction of sp³-hybridized carbons (Fsp3) is 0.286. The molecule has 0 saturated heterocycles. The Morgan fingerprint density at radius 1 is 1.70 bits per heavy atom. The quantitative estimate of drug-likeness (QED) is 0.663. The molecule has 0 atom stereocenters. The van der Waals surface area contributed by atoms with Crippen molar-refractivity contribution in [3.05, 3.63) is 27.5 Å². The highest BCUT2D eigenvalue weighted by Gasteiger charge is 1.97. The highest BCUT2D eigenvalue weighted by molar-refractivity contribution is 9.10. The maximum atomic E-state index is 5.68. The van der Waals surface area contributed by atoms with Crippen LogP contribution in [0.2, 0.25) is 5.15 Å². The molecule has 1 aromatic heterocycles. The Morgan fingerprint density at radius 3 is 2.90 bits per heavy atom. The van der Waals surface area contributed by atoms with Crippen molar-refractivity contribution in [2.45, 2.75) is 13.3 Å². The first kappa shape index (κ1) is 8.02. The predicted molar refractivity (Wildman–Crippen MR) is 46.3 cm³/mol. The summed E-state index contributed by atoms with van der Waals surface area (Å²) in [4.78, 5) is 3.97. The second-order valence-electron chi connectivity index (χ2n) is 1.97. The van der Waals surface area contributed by atoms with Crippen LogP contribution in [0.4, 0.5) is 0 Å². The second kappa shape index (κ2) is 3.35. The van der Waals surface area contributed by atoms with E-state index >= 15 is 0 Å². The Kier molecular flexibility index (Phi) is 2.69. The number of rotatable bonds is 1. The Morgan fingerprint density at radius 2 is 2.40 bits per heavy atom. The van der Waals surface area contributed by atoms with Crippen molar-refractivity contribution in [3.63, 3.8) is 0 Å². The molecule has 0 aliphatic carbocycles. The minimum absolute atomic E-state index is 0.525. The molecule has 0 aliphatic rings. The zero-order chi connectivity index (χ0) is 7.56. The normalized spacial score (nSPS) is 9.90. The first-order valence-electron chi connectivity index (χ1n) is 3.04. The maximum absolute atomic E-state index is 5.68. The monoisotopic (exact) mass is 219 g/mol. The third kappa shape index (κ3) is 1.70. The van der Waals surface area contributed by atoms with Crippen LogP contribution in [0.15, 0.2) is 16.7 Å². The molecule has 0 aliphatic heterocycles. The van der Waals surface area contributed by atoms with Gasteiger partial charge in [0, 0.05) is 6.20 Å². The zero-order valence-electron chi connectivity index (χ0n) is 5.56. The van der Waals surface area contributed by atoms with Gasteiger partial charge < -0.3 is 0 Å². The van der Waals surface area contributed by atoms with Crippen molar-refractivity contribution in [2.24, 2.45) is 0 Å². The predicted octanol–water partition coefficient (Wildman–Crippen LogP) is 3.06. The van der Waals surface area contributed by atoms with E-state index in [-0.39, 0.29) is 0 Å². The summed E-state index contributed by atoms with van der Waals surface area (Å²) < 4.78 is 0.869. The molecule has 3 heteroatoms. The number of nitrogens with zero attached hydrogens (tertiary/aromatic N) is 1. The Hall–Kier alpha value is -0.0800. The van der Waals surface area contributed by atoms with Gasteiger partial charge in [-0.25, -0.2) is 4.98 Å². The van der Waals surface area contributed by atoms with Crippen LogP contribution >= 0.6 is 27.5 Å². The minimum Gasteiger partial charge on any atom is -0.243 e. The van der Waals surface area contributed by atoms with Crippen molar-refractivity contribution in [1.82, 2.24) is 4.98 Å². The lowest BCUT2D eigenvalue weighted by atomic mass is 10.2. The molecule has 0 saturated carbocycles. The molecular weight excluding hydrogens is 213 g/mol. The first-order chi connectivity index (χ1) is 4.74. The van der Waals surface area contributed by atoms with E-state index in [1.54, 1.807) is 6.20 Å². The molecule has 0 spiro atoms. The van der Waals surface area contributed by atoms with Gasteiger partial charge in [0.05, 0.1) is 4.47 Å². The molecule has 1 aromatic rings. The summed E-state index contributed by atoms with van der Waals surface area (Å²) in [6.45, 7) is 2.08. The van der Waals surface area contributed by atoms with E-state index in [0.29, 0.717) is 5.15 Å². The van der Waals surface area contributed by atoms with E-state index in [4.69, 9.17) is 11.6 Å². The standard InChI is InChI=1S/C7H7BrClN/c1-2-5-3-6(8)7(9)10-4-5/h3-4H,2H2,1H3. The van der Waals surface area contributed by atoms with Crippen LogP contribution in [0.5, 0.6) is 0 Å². The lowest BCUT2D eigenvalue weighted by Gasteiger charge is -1.97. The maximum Gasteiger partial charge on any atom is 0.143 e. The number of aryl methyl sites for hydroxylation is 1. The fourth-order valence-corrected chi connectivity index (χ4v) is 1.15. The van der Waals surface area contributed by atoms with Gasteiger partial charge >= 0.3 is 0 Å². The zero-order valence-corrected chi connectivity index (χ0v) is 7.91. The SMILES string of the molecule is CCc1cnc(Cl)c(Br)c1. The third-order valence-corrected chi connectivity index (χ3v) is 2.40. The molecule has 0 radical (unpaired) electrons. The molecule has 10 heavy (non-hydrogen) atoms. The van der Waals surface area contributed by atoms with Crippen molar-refractivity contribution >= 4 is 27.5 Å². The smallest absolute Gasteiger partial charge is 0.143 e. The molecular formula is C7H7BrClN. The van der Waals surface area contributed by atoms with Gasteiger partial charge in [0.15, 0.2) is 0 Å². The average Bonchev–Trinajstić information content (AvgIpc) is 1.95. The van der Waals surface area contributed by atoms with Gasteiger partial charge in [-0.05, 0) is 34.0 Å². The second-order valence-corrected chi connectivity index (χ2v) is 3.18. The molecule has 0 N–H and O–H groups in total. The van der Waals surface area contributed by atoms with Gasteiger partial charge in [0.1, 0.15) is 5.15 Å². The Balaban J connectivity index is 3.04. The van der Waals surface area contributed by atoms with Crippen LogP contribution in [0, 0.1) is 0 Å². The number of aromatic nitrogens is 1. The number of halogens is 2. The number of pyridine rings is 1. The Bertz CT molecular complexity index is 237. The van der Waals surface area contributed by atoms with Crippen molar-refractivity contribution in [1.29, 1.82) is 0 Å². The average molecular weight is 220 g/mol. The third-order valence-electron chi connectivity index (χ3n) is 1.26. The van der Waals surface area contributed by atoms with Crippen LogP contribution in [-0.2, 0) is 6.42 Å². The summed E-state index contributed by atoms with van der Waals surface area (Å²) in [6, 6.07) is 1.98. The lowest BCUT2D eigenvalue weighted by molar-refractivity contribution is 1.10. The van der Waals surface area contributed by atoms with Crippen molar-refractivity contribution in [2.75, 3.05) is 0 Å². The number of hydrogen-bond donors (Lipinski definition) is 0. The molecule has 1 rings (SSSR count). The topological polar surface area (TPSA) is 12.9 Å². The van der Waals surface area contributed by atoms with Gasteiger partial charge in [0.25, 0.3) is 0 Å². The molecule has 0 bridgehead atoms. The summed E-state index contributed by atoms with van der Waals surface area (Å²) in [5.41, 5.74) is 1.19. The highest BCUT2D eigenvalue weighted by Crippen LogP contribution is 2.20. The lowest BCUT2D eigenvalue weighted by Crippen LogP contribution is -1.83. The minimum atomic E-state index is 0.525. The van der Waals surface area contributed by atoms with E-state index in [9.17, 15) is 0 Å². The van der Waals surface area contributed by atoms with Crippen LogP contribution in [0.1, 0.15) is 12.5 Å². The molecule has 0 fully saturated rings. The van der Waals surface area contributed by atoms with Crippen LogP contribution in [-0.4, -0.2) is 4.98 Å². The van der Waals surface area contributed by atoms with Gasteiger partial charge in [0.2, 0.25) is 0 Å². The van der Waals surface area contributed by atoms with E-state index in [2.05, 4.69) is 27.8 Å². The van der Waals surface area contributed by atoms with Gasteiger partial charge in [-0.1, -0.05) is 18.5 Å². The Labute approximate surface area is 73.6 Å². The van der Waals surface area contributed by atoms with Gasteiger partial charge in [-0.2, -0.15) is 0 Å². The van der Waals surface area contributed by atoms with E-state index in [1.165, 1.54) is 5.56 Å². The first-order valence-corrected chi connectivity index (χ1v) is 4.21. The summed E-state index contributed by atoms with van der Waals surface area (Å²) in [6.07, 6.45) is 2.77. The number of hydrogen-bond acceptors (Lipinski definition) is 1. The van der Waals surface area contributed by atoms with E-state index < -0.39 is 0 Å². The summed E-state index contributed by atoms with van der Waals surface area (Å²) in [5.74, 6) is 0. The summed E-state index contributed by atoms with van der Waals surface area (Å²) in [7, 11) is 0. The highest BCUT2D eigenvalue weighted by atomic mass is 79.9. The van der Waals surface area contributed by atoms with E-state index in [1.807, 2.05) is 6.07 Å². The summed E-state index contributed by atoms with van der Waals surface area (Å²) >= 11 is 8.97. The molecule has 0 amide bonds. The molecule has 0 unspecified atom stereocenters. The van der Waals surface area contributed by atoms with Crippen LogP contribution < -0.4 is 0 Å². The van der Waals surface area contributed by atoms with Crippen molar-refractivity contribution in [3.8, 4) is 0 Å². The largest absolute Gasteiger partial charge is 0.243 e. The molecule has 1 heterocycles. The van der Waals surface area contributed by atoms with Gasteiger partial charge in [-0.3, -0.25) is 0 Å². The van der Waals surface area contributed by atoms with Crippen LogP contribution in [0.3, 0.4) is 0 Å². The molecule has 1 nitrogen and oxygen atoms in total. The summed E-state index contributed by atoms with van der Waals surface area (Å²) in [5, 5.41) is 0.525. The molecule has 0 aromatic carbocycles. The van der Waals surface area contributed by atoms with E-state index in [0.717, 1.165) is 10.9 Å². The molecule has 54 valence electrons. The van der Waals surface area contributed by atoms with Gasteiger partial charge in [-0.15, -0.1) is 0 Å².